The highest BCUT2D eigenvalue weighted by Crippen LogP contribution is 2.15. The van der Waals surface area contributed by atoms with Crippen molar-refractivity contribution in [2.75, 3.05) is 27.2 Å². The molecule has 1 unspecified atom stereocenters. The van der Waals surface area contributed by atoms with Gasteiger partial charge in [-0.15, -0.1) is 0 Å². The van der Waals surface area contributed by atoms with Crippen molar-refractivity contribution in [1.82, 2.24) is 4.90 Å². The van der Waals surface area contributed by atoms with Crippen molar-refractivity contribution in [2.45, 2.75) is 38.7 Å². The first-order valence-electron chi connectivity index (χ1n) is 6.69. The third kappa shape index (κ3) is 9.20. The fourth-order valence-electron chi connectivity index (χ4n) is 1.65. The van der Waals surface area contributed by atoms with Crippen LogP contribution in [0.3, 0.4) is 0 Å². The molecule has 2 heteroatoms. The van der Waals surface area contributed by atoms with Crippen molar-refractivity contribution in [2.24, 2.45) is 0 Å². The quantitative estimate of drug-likeness (QED) is 0.314. The van der Waals surface area contributed by atoms with Crippen molar-refractivity contribution in [3.8, 4) is 0 Å². The van der Waals surface area contributed by atoms with E-state index in [0.29, 0.717) is 0 Å². The molecule has 0 rings (SSSR count). The summed E-state index contributed by atoms with van der Waals surface area (Å²) in [5, 5.41) is 0. The van der Waals surface area contributed by atoms with Crippen molar-refractivity contribution in [1.29, 1.82) is 0 Å². The summed E-state index contributed by atoms with van der Waals surface area (Å²) in [6.07, 6.45) is 6.12. The van der Waals surface area contributed by atoms with Gasteiger partial charge in [0.1, 0.15) is 0 Å². The van der Waals surface area contributed by atoms with E-state index in [1.807, 2.05) is 13.0 Å². The molecular weight excluding hydrogens is 222 g/mol. The van der Waals surface area contributed by atoms with E-state index in [4.69, 9.17) is 4.74 Å². The van der Waals surface area contributed by atoms with Gasteiger partial charge in [0.15, 0.2) is 0 Å². The zero-order valence-electron chi connectivity index (χ0n) is 12.4. The van der Waals surface area contributed by atoms with Gasteiger partial charge in [-0.25, -0.2) is 0 Å². The Balaban J connectivity index is 3.80. The van der Waals surface area contributed by atoms with Crippen LogP contribution in [0.2, 0.25) is 0 Å². The van der Waals surface area contributed by atoms with Crippen LogP contribution in [-0.2, 0) is 4.74 Å². The topological polar surface area (TPSA) is 12.5 Å². The molecule has 104 valence electrons. The summed E-state index contributed by atoms with van der Waals surface area (Å²) in [7, 11) is 4.19. The van der Waals surface area contributed by atoms with Gasteiger partial charge in [-0.05, 0) is 53.2 Å². The highest BCUT2D eigenvalue weighted by atomic mass is 16.5. The minimum atomic E-state index is 0.154. The van der Waals surface area contributed by atoms with E-state index in [-0.39, 0.29) is 6.10 Å². The summed E-state index contributed by atoms with van der Waals surface area (Å²) in [5.41, 5.74) is 2.16. The third-order valence-corrected chi connectivity index (χ3v) is 2.88. The van der Waals surface area contributed by atoms with Crippen molar-refractivity contribution >= 4 is 0 Å². The first-order valence-corrected chi connectivity index (χ1v) is 6.69. The van der Waals surface area contributed by atoms with Gasteiger partial charge in [-0.3, -0.25) is 0 Å². The van der Waals surface area contributed by atoms with E-state index in [0.717, 1.165) is 43.6 Å². The molecule has 0 fully saturated rings. The van der Waals surface area contributed by atoms with Gasteiger partial charge in [-0.2, -0.15) is 0 Å². The molecule has 0 saturated heterocycles. The van der Waals surface area contributed by atoms with Crippen LogP contribution in [0.4, 0.5) is 0 Å². The van der Waals surface area contributed by atoms with Crippen LogP contribution in [0, 0.1) is 0 Å². The van der Waals surface area contributed by atoms with Gasteiger partial charge < -0.3 is 9.64 Å². The van der Waals surface area contributed by atoms with Crippen LogP contribution in [0.15, 0.2) is 37.0 Å². The van der Waals surface area contributed by atoms with Crippen LogP contribution in [0.1, 0.15) is 32.6 Å². The molecule has 0 saturated carbocycles. The fourth-order valence-corrected chi connectivity index (χ4v) is 1.65. The Hall–Kier alpha value is -0.860. The zero-order valence-corrected chi connectivity index (χ0v) is 12.4. The van der Waals surface area contributed by atoms with Crippen molar-refractivity contribution in [3.63, 3.8) is 0 Å². The molecule has 0 N–H and O–H groups in total. The second-order valence-electron chi connectivity index (χ2n) is 5.12. The molecule has 1 atom stereocenters. The maximum absolute atomic E-state index is 5.89. The normalized spacial score (nSPS) is 12.4. The van der Waals surface area contributed by atoms with Gasteiger partial charge in [0.05, 0.1) is 6.10 Å². The van der Waals surface area contributed by atoms with Crippen LogP contribution in [0.25, 0.3) is 0 Å². The monoisotopic (exact) mass is 251 g/mol. The first kappa shape index (κ1) is 17.1. The van der Waals surface area contributed by atoms with Crippen molar-refractivity contribution < 1.29 is 4.74 Å². The molecule has 0 aromatic heterocycles. The summed E-state index contributed by atoms with van der Waals surface area (Å²) in [6.45, 7) is 15.6. The largest absolute Gasteiger partial charge is 0.374 e. The summed E-state index contributed by atoms with van der Waals surface area (Å²) in [6, 6.07) is 0. The molecule has 2 nitrogen and oxygen atoms in total. The molecular formula is C16H29NO. The minimum absolute atomic E-state index is 0.154. The van der Waals surface area contributed by atoms with Crippen LogP contribution in [0.5, 0.6) is 0 Å². The predicted octanol–water partition coefficient (Wildman–Crippen LogP) is 3.81. The molecule has 0 amide bonds. The number of rotatable bonds is 11. The molecule has 0 radical (unpaired) electrons. The molecule has 0 heterocycles. The Morgan fingerprint density at radius 1 is 1.28 bits per heavy atom. The highest BCUT2D eigenvalue weighted by Gasteiger charge is 2.09. The van der Waals surface area contributed by atoms with E-state index in [1.54, 1.807) is 0 Å². The minimum Gasteiger partial charge on any atom is -0.374 e. The molecule has 0 aliphatic heterocycles. The average molecular weight is 251 g/mol. The van der Waals surface area contributed by atoms with E-state index >= 15 is 0 Å². The third-order valence-electron chi connectivity index (χ3n) is 2.88. The second-order valence-corrected chi connectivity index (χ2v) is 5.12. The van der Waals surface area contributed by atoms with Crippen LogP contribution < -0.4 is 0 Å². The molecule has 0 aliphatic carbocycles. The van der Waals surface area contributed by atoms with E-state index in [1.165, 1.54) is 6.42 Å². The maximum Gasteiger partial charge on any atom is 0.0782 e. The molecule has 0 spiro atoms. The lowest BCUT2D eigenvalue weighted by Crippen LogP contribution is -2.17. The second kappa shape index (κ2) is 10.1. The summed E-state index contributed by atoms with van der Waals surface area (Å²) >= 11 is 0. The summed E-state index contributed by atoms with van der Waals surface area (Å²) in [4.78, 5) is 2.20. The van der Waals surface area contributed by atoms with Gasteiger partial charge in [0.2, 0.25) is 0 Å². The van der Waals surface area contributed by atoms with Gasteiger partial charge in [-0.1, -0.05) is 37.0 Å². The van der Waals surface area contributed by atoms with Gasteiger partial charge >= 0.3 is 0 Å². The standard InChI is InChI=1S/C16H29NO/c1-7-15(4)10-11-16(14(2)3)18-13-9-8-12-17(5)6/h7,16H,1-2,4,8-13H2,3,5-6H3. The lowest BCUT2D eigenvalue weighted by Gasteiger charge is -2.18. The smallest absolute Gasteiger partial charge is 0.0782 e. The lowest BCUT2D eigenvalue weighted by atomic mass is 10.0. The van der Waals surface area contributed by atoms with Crippen LogP contribution in [-0.4, -0.2) is 38.3 Å². The van der Waals surface area contributed by atoms with Crippen LogP contribution >= 0.6 is 0 Å². The van der Waals surface area contributed by atoms with E-state index < -0.39 is 0 Å². The molecule has 0 aromatic carbocycles. The Morgan fingerprint density at radius 2 is 1.94 bits per heavy atom. The number of ether oxygens (including phenoxy) is 1. The maximum atomic E-state index is 5.89. The number of allylic oxidation sites excluding steroid dienone is 2. The molecule has 0 aromatic rings. The van der Waals surface area contributed by atoms with Crippen molar-refractivity contribution in [3.05, 3.63) is 37.0 Å². The summed E-state index contributed by atoms with van der Waals surface area (Å²) < 4.78 is 5.89. The molecule has 18 heavy (non-hydrogen) atoms. The molecule has 0 bridgehead atoms. The highest BCUT2D eigenvalue weighted by molar-refractivity contribution is 5.12. The summed E-state index contributed by atoms with van der Waals surface area (Å²) in [5.74, 6) is 0. The average Bonchev–Trinajstić information content (AvgIpc) is 2.31. The van der Waals surface area contributed by atoms with Gasteiger partial charge in [0.25, 0.3) is 0 Å². The zero-order chi connectivity index (χ0) is 14.0. The number of nitrogens with zero attached hydrogens (tertiary/aromatic N) is 1. The molecule has 0 aliphatic rings. The Morgan fingerprint density at radius 3 is 2.44 bits per heavy atom. The number of hydrogen-bond donors (Lipinski definition) is 0. The predicted molar refractivity (Wildman–Crippen MR) is 80.9 cm³/mol. The number of hydrogen-bond acceptors (Lipinski definition) is 2. The SMILES string of the molecule is C=CC(=C)CCC(OCCCCN(C)C)C(=C)C. The fraction of sp³-hybridized carbons (Fsp3) is 0.625. The number of unbranched alkanes of at least 4 members (excludes halogenated alkanes) is 1. The Kier molecular flexibility index (Phi) is 9.62. The lowest BCUT2D eigenvalue weighted by molar-refractivity contribution is 0.0687. The van der Waals surface area contributed by atoms with Gasteiger partial charge in [0, 0.05) is 6.61 Å². The van der Waals surface area contributed by atoms with E-state index in [2.05, 4.69) is 38.7 Å². The van der Waals surface area contributed by atoms with E-state index in [9.17, 15) is 0 Å². The Labute approximate surface area is 113 Å². The Bertz CT molecular complexity index is 268. The first-order chi connectivity index (χ1) is 8.47.